The van der Waals surface area contributed by atoms with Gasteiger partial charge in [-0.3, -0.25) is 9.89 Å². The second-order valence-electron chi connectivity index (χ2n) is 4.15. The fourth-order valence-electron chi connectivity index (χ4n) is 0.984. The highest BCUT2D eigenvalue weighted by Crippen LogP contribution is 2.15. The van der Waals surface area contributed by atoms with Gasteiger partial charge < -0.3 is 10.6 Å². The van der Waals surface area contributed by atoms with Crippen LogP contribution in [0.3, 0.4) is 0 Å². The average Bonchev–Trinajstić information content (AvgIpc) is 2.49. The number of hydrogen-bond donors (Lipinski definition) is 3. The maximum Gasteiger partial charge on any atom is 0.245 e. The van der Waals surface area contributed by atoms with Crippen molar-refractivity contribution in [2.45, 2.75) is 33.2 Å². The molecule has 1 heterocycles. The molecule has 1 aromatic heterocycles. The van der Waals surface area contributed by atoms with Crippen LogP contribution < -0.4 is 10.6 Å². The van der Waals surface area contributed by atoms with E-state index in [4.69, 9.17) is 0 Å². The Morgan fingerprint density at radius 1 is 1.40 bits per heavy atom. The standard InChI is InChI=1S/C10H18N4O/c1-6-7(2)13-14-8(6)12-9(15)10(3,4)11-5/h11H,1-5H3,(H2,12,13,14,15). The molecular weight excluding hydrogens is 192 g/mol. The zero-order valence-corrected chi connectivity index (χ0v) is 9.86. The fourth-order valence-corrected chi connectivity index (χ4v) is 0.984. The van der Waals surface area contributed by atoms with Crippen molar-refractivity contribution in [1.82, 2.24) is 15.5 Å². The molecule has 1 rings (SSSR count). The Labute approximate surface area is 89.6 Å². The largest absolute Gasteiger partial charge is 0.307 e. The highest BCUT2D eigenvalue weighted by Gasteiger charge is 2.26. The Hall–Kier alpha value is -1.36. The molecule has 0 bridgehead atoms. The Balaban J connectivity index is 2.79. The van der Waals surface area contributed by atoms with Gasteiger partial charge in [0.1, 0.15) is 0 Å². The van der Waals surface area contributed by atoms with Gasteiger partial charge in [0.25, 0.3) is 0 Å². The lowest BCUT2D eigenvalue weighted by Crippen LogP contribution is -2.48. The number of likely N-dealkylation sites (N-methyl/N-ethyl adjacent to an activating group) is 1. The molecule has 0 saturated heterocycles. The first kappa shape index (κ1) is 11.7. The molecule has 0 saturated carbocycles. The third-order valence-corrected chi connectivity index (χ3v) is 2.68. The van der Waals surface area contributed by atoms with Gasteiger partial charge in [-0.05, 0) is 34.7 Å². The number of amides is 1. The molecule has 1 amide bonds. The molecule has 0 aliphatic heterocycles. The summed E-state index contributed by atoms with van der Waals surface area (Å²) in [7, 11) is 1.75. The lowest BCUT2D eigenvalue weighted by molar-refractivity contribution is -0.121. The molecule has 0 spiro atoms. The smallest absolute Gasteiger partial charge is 0.245 e. The van der Waals surface area contributed by atoms with E-state index in [1.165, 1.54) is 0 Å². The monoisotopic (exact) mass is 210 g/mol. The van der Waals surface area contributed by atoms with Crippen LogP contribution in [0.2, 0.25) is 0 Å². The molecule has 0 atom stereocenters. The van der Waals surface area contributed by atoms with Crippen LogP contribution in [0.1, 0.15) is 25.1 Å². The van der Waals surface area contributed by atoms with Crippen LogP contribution in [0.5, 0.6) is 0 Å². The van der Waals surface area contributed by atoms with Crippen LogP contribution >= 0.6 is 0 Å². The molecule has 3 N–H and O–H groups in total. The van der Waals surface area contributed by atoms with Crippen molar-refractivity contribution >= 4 is 11.7 Å². The maximum absolute atomic E-state index is 11.8. The van der Waals surface area contributed by atoms with E-state index in [1.807, 2.05) is 27.7 Å². The summed E-state index contributed by atoms with van der Waals surface area (Å²) >= 11 is 0. The highest BCUT2D eigenvalue weighted by molar-refractivity contribution is 5.97. The predicted octanol–water partition coefficient (Wildman–Crippen LogP) is 0.963. The van der Waals surface area contributed by atoms with E-state index in [2.05, 4.69) is 20.8 Å². The summed E-state index contributed by atoms with van der Waals surface area (Å²) < 4.78 is 0. The van der Waals surface area contributed by atoms with Crippen molar-refractivity contribution in [2.75, 3.05) is 12.4 Å². The molecule has 5 nitrogen and oxygen atoms in total. The highest BCUT2D eigenvalue weighted by atomic mass is 16.2. The van der Waals surface area contributed by atoms with Crippen molar-refractivity contribution in [3.63, 3.8) is 0 Å². The molecular formula is C10H18N4O. The minimum atomic E-state index is -0.598. The summed E-state index contributed by atoms with van der Waals surface area (Å²) in [4.78, 5) is 11.8. The Morgan fingerprint density at radius 3 is 2.40 bits per heavy atom. The molecule has 1 aromatic rings. The number of nitrogens with zero attached hydrogens (tertiary/aromatic N) is 1. The summed E-state index contributed by atoms with van der Waals surface area (Å²) in [5, 5.41) is 12.6. The molecule has 0 aliphatic carbocycles. The number of anilines is 1. The van der Waals surface area contributed by atoms with Gasteiger partial charge in [0.05, 0.1) is 5.54 Å². The zero-order valence-electron chi connectivity index (χ0n) is 9.86. The Morgan fingerprint density at radius 2 is 2.00 bits per heavy atom. The Kier molecular flexibility index (Phi) is 3.14. The van der Waals surface area contributed by atoms with E-state index in [-0.39, 0.29) is 5.91 Å². The van der Waals surface area contributed by atoms with Gasteiger partial charge in [-0.25, -0.2) is 0 Å². The van der Waals surface area contributed by atoms with Crippen molar-refractivity contribution in [3.05, 3.63) is 11.3 Å². The number of aryl methyl sites for hydroxylation is 1. The van der Waals surface area contributed by atoms with Crippen LogP contribution in [0.15, 0.2) is 0 Å². The molecule has 0 radical (unpaired) electrons. The molecule has 5 heteroatoms. The van der Waals surface area contributed by atoms with Crippen LogP contribution in [-0.4, -0.2) is 28.7 Å². The van der Waals surface area contributed by atoms with Gasteiger partial charge in [0, 0.05) is 11.3 Å². The van der Waals surface area contributed by atoms with Crippen molar-refractivity contribution in [2.24, 2.45) is 0 Å². The fraction of sp³-hybridized carbons (Fsp3) is 0.600. The second-order valence-corrected chi connectivity index (χ2v) is 4.15. The van der Waals surface area contributed by atoms with E-state index in [9.17, 15) is 4.79 Å². The second kappa shape index (κ2) is 4.02. The van der Waals surface area contributed by atoms with Crippen LogP contribution in [0.25, 0.3) is 0 Å². The van der Waals surface area contributed by atoms with Gasteiger partial charge in [0.2, 0.25) is 5.91 Å². The number of hydrogen-bond acceptors (Lipinski definition) is 3. The first-order valence-electron chi connectivity index (χ1n) is 4.90. The summed E-state index contributed by atoms with van der Waals surface area (Å²) in [5.41, 5.74) is 1.34. The number of aromatic nitrogens is 2. The Bertz CT molecular complexity index is 367. The zero-order chi connectivity index (χ0) is 11.6. The normalized spacial score (nSPS) is 11.5. The van der Waals surface area contributed by atoms with E-state index in [0.717, 1.165) is 11.3 Å². The molecule has 84 valence electrons. The van der Waals surface area contributed by atoms with E-state index in [0.29, 0.717) is 5.82 Å². The average molecular weight is 210 g/mol. The first-order valence-corrected chi connectivity index (χ1v) is 4.90. The predicted molar refractivity (Wildman–Crippen MR) is 59.8 cm³/mol. The number of nitrogens with one attached hydrogen (secondary N) is 3. The number of carbonyl (C=O) groups is 1. The van der Waals surface area contributed by atoms with Gasteiger partial charge in [-0.2, -0.15) is 5.10 Å². The number of aromatic amines is 1. The third-order valence-electron chi connectivity index (χ3n) is 2.68. The topological polar surface area (TPSA) is 69.8 Å². The van der Waals surface area contributed by atoms with Crippen molar-refractivity contribution < 1.29 is 4.79 Å². The van der Waals surface area contributed by atoms with Gasteiger partial charge in [-0.15, -0.1) is 0 Å². The van der Waals surface area contributed by atoms with Crippen molar-refractivity contribution in [1.29, 1.82) is 0 Å². The van der Waals surface area contributed by atoms with Crippen LogP contribution in [0.4, 0.5) is 5.82 Å². The van der Waals surface area contributed by atoms with Gasteiger partial charge in [-0.1, -0.05) is 0 Å². The summed E-state index contributed by atoms with van der Waals surface area (Å²) in [6, 6.07) is 0. The minimum absolute atomic E-state index is 0.0976. The molecule has 0 fully saturated rings. The van der Waals surface area contributed by atoms with E-state index >= 15 is 0 Å². The van der Waals surface area contributed by atoms with Gasteiger partial charge in [0.15, 0.2) is 5.82 Å². The van der Waals surface area contributed by atoms with E-state index in [1.54, 1.807) is 7.05 Å². The van der Waals surface area contributed by atoms with Crippen LogP contribution in [0, 0.1) is 13.8 Å². The summed E-state index contributed by atoms with van der Waals surface area (Å²) in [6.45, 7) is 7.47. The van der Waals surface area contributed by atoms with Crippen LogP contribution in [-0.2, 0) is 4.79 Å². The third kappa shape index (κ3) is 2.36. The van der Waals surface area contributed by atoms with Gasteiger partial charge >= 0.3 is 0 Å². The molecule has 0 aromatic carbocycles. The van der Waals surface area contributed by atoms with E-state index < -0.39 is 5.54 Å². The molecule has 0 aliphatic rings. The maximum atomic E-state index is 11.8. The summed E-state index contributed by atoms with van der Waals surface area (Å²) in [6.07, 6.45) is 0. The molecule has 15 heavy (non-hydrogen) atoms. The minimum Gasteiger partial charge on any atom is -0.307 e. The number of H-pyrrole nitrogens is 1. The first-order chi connectivity index (χ1) is 6.88. The molecule has 0 unspecified atom stereocenters. The lowest BCUT2D eigenvalue weighted by Gasteiger charge is -2.22. The SMILES string of the molecule is CNC(C)(C)C(=O)Nc1n[nH]c(C)c1C. The van der Waals surface area contributed by atoms with Crippen molar-refractivity contribution in [3.8, 4) is 0 Å². The number of rotatable bonds is 3. The summed E-state index contributed by atoms with van der Waals surface area (Å²) in [5.74, 6) is 0.500. The lowest BCUT2D eigenvalue weighted by atomic mass is 10.1. The quantitative estimate of drug-likeness (QED) is 0.696. The number of carbonyl (C=O) groups excluding carboxylic acids is 1.